The molecular formula is C23H24FNO4. The highest BCUT2D eigenvalue weighted by Crippen LogP contribution is 2.44. The van der Waals surface area contributed by atoms with Crippen LogP contribution < -0.4 is 5.32 Å². The highest BCUT2D eigenvalue weighted by atomic mass is 19.1. The van der Waals surface area contributed by atoms with E-state index in [2.05, 4.69) is 17.4 Å². The molecule has 5 nitrogen and oxygen atoms in total. The lowest BCUT2D eigenvalue weighted by Crippen LogP contribution is -2.43. The van der Waals surface area contributed by atoms with Crippen LogP contribution in [-0.4, -0.2) is 36.0 Å². The Labute approximate surface area is 168 Å². The molecule has 0 aromatic heterocycles. The van der Waals surface area contributed by atoms with E-state index >= 15 is 0 Å². The van der Waals surface area contributed by atoms with Crippen molar-refractivity contribution in [1.82, 2.24) is 5.32 Å². The van der Waals surface area contributed by atoms with Crippen LogP contribution in [0, 0.1) is 5.92 Å². The summed E-state index contributed by atoms with van der Waals surface area (Å²) in [6, 6.07) is 16.1. The monoisotopic (exact) mass is 397 g/mol. The van der Waals surface area contributed by atoms with Gasteiger partial charge in [-0.2, -0.15) is 0 Å². The number of aliphatic carboxylic acids is 1. The number of hydrogen-bond acceptors (Lipinski definition) is 3. The van der Waals surface area contributed by atoms with Gasteiger partial charge in [0.1, 0.15) is 12.3 Å². The Balaban J connectivity index is 1.33. The van der Waals surface area contributed by atoms with E-state index in [9.17, 15) is 14.0 Å². The lowest BCUT2D eigenvalue weighted by molar-refractivity contribution is -0.143. The normalized spacial score (nSPS) is 23.1. The number of nitrogens with one attached hydrogen (secondary N) is 1. The van der Waals surface area contributed by atoms with Crippen molar-refractivity contribution in [2.24, 2.45) is 5.92 Å². The first-order valence-electron chi connectivity index (χ1n) is 9.97. The number of carbonyl (C=O) groups excluding carboxylic acids is 1. The smallest absolute Gasteiger partial charge is 0.407 e. The van der Waals surface area contributed by atoms with Crippen molar-refractivity contribution in [2.45, 2.75) is 37.3 Å². The number of carbonyl (C=O) groups is 2. The molecule has 2 aliphatic rings. The van der Waals surface area contributed by atoms with Crippen LogP contribution >= 0.6 is 0 Å². The first-order valence-corrected chi connectivity index (χ1v) is 9.97. The van der Waals surface area contributed by atoms with Gasteiger partial charge in [0, 0.05) is 5.92 Å². The van der Waals surface area contributed by atoms with E-state index in [1.807, 2.05) is 36.4 Å². The fraction of sp³-hybridized carbons (Fsp3) is 0.391. The van der Waals surface area contributed by atoms with Gasteiger partial charge in [0.2, 0.25) is 0 Å². The molecule has 2 N–H and O–H groups in total. The van der Waals surface area contributed by atoms with Crippen molar-refractivity contribution < 1.29 is 23.8 Å². The number of carboxylic acids is 1. The number of halogens is 1. The molecular weight excluding hydrogens is 373 g/mol. The maximum Gasteiger partial charge on any atom is 0.407 e. The quantitative estimate of drug-likeness (QED) is 0.778. The standard InChI is InChI=1S/C23H24FNO4/c24-23(11-9-15(10-12-23)21(26)27)14-25-22(28)29-13-20-18-7-3-1-5-16(18)17-6-2-4-8-19(17)20/h1-8,15,20H,9-14H2,(H,25,28)(H,26,27). The molecule has 0 aliphatic heterocycles. The van der Waals surface area contributed by atoms with E-state index in [0.717, 1.165) is 22.3 Å². The average Bonchev–Trinajstić information content (AvgIpc) is 3.05. The topological polar surface area (TPSA) is 75.6 Å². The molecule has 0 bridgehead atoms. The van der Waals surface area contributed by atoms with Gasteiger partial charge in [-0.25, -0.2) is 9.18 Å². The summed E-state index contributed by atoms with van der Waals surface area (Å²) >= 11 is 0. The number of amides is 1. The summed E-state index contributed by atoms with van der Waals surface area (Å²) in [5, 5.41) is 11.6. The fourth-order valence-electron chi connectivity index (χ4n) is 4.44. The molecule has 1 saturated carbocycles. The van der Waals surface area contributed by atoms with Crippen molar-refractivity contribution in [3.8, 4) is 11.1 Å². The molecule has 0 unspecified atom stereocenters. The molecule has 0 spiro atoms. The maximum absolute atomic E-state index is 14.8. The summed E-state index contributed by atoms with van der Waals surface area (Å²) in [7, 11) is 0. The maximum atomic E-state index is 14.8. The summed E-state index contributed by atoms with van der Waals surface area (Å²) in [5.41, 5.74) is 2.97. The molecule has 4 rings (SSSR count). The summed E-state index contributed by atoms with van der Waals surface area (Å²) in [6.45, 7) is 0.0241. The molecule has 0 atom stereocenters. The molecule has 152 valence electrons. The van der Waals surface area contributed by atoms with Crippen LogP contribution in [0.3, 0.4) is 0 Å². The highest BCUT2D eigenvalue weighted by Gasteiger charge is 2.38. The molecule has 0 heterocycles. The number of alkyl halides is 1. The van der Waals surface area contributed by atoms with E-state index in [-0.39, 0.29) is 44.8 Å². The number of ether oxygens (including phenoxy) is 1. The van der Waals surface area contributed by atoms with Crippen molar-refractivity contribution in [2.75, 3.05) is 13.2 Å². The first kappa shape index (κ1) is 19.4. The molecule has 1 fully saturated rings. The van der Waals surface area contributed by atoms with E-state index in [4.69, 9.17) is 9.84 Å². The Hall–Kier alpha value is -2.89. The Morgan fingerprint density at radius 1 is 1.03 bits per heavy atom. The fourth-order valence-corrected chi connectivity index (χ4v) is 4.44. The zero-order chi connectivity index (χ0) is 20.4. The third kappa shape index (κ3) is 3.97. The van der Waals surface area contributed by atoms with Crippen molar-refractivity contribution >= 4 is 12.1 Å². The van der Waals surface area contributed by atoms with E-state index < -0.39 is 23.6 Å². The second-order valence-electron chi connectivity index (χ2n) is 7.94. The SMILES string of the molecule is O=C(NCC1(F)CCC(C(=O)O)CC1)OCC1c2ccccc2-c2ccccc21. The van der Waals surface area contributed by atoms with Crippen molar-refractivity contribution in [3.63, 3.8) is 0 Å². The number of rotatable bonds is 5. The minimum atomic E-state index is -1.57. The van der Waals surface area contributed by atoms with Gasteiger partial charge in [0.25, 0.3) is 0 Å². The Morgan fingerprint density at radius 2 is 1.59 bits per heavy atom. The van der Waals surface area contributed by atoms with Gasteiger partial charge in [0.05, 0.1) is 12.5 Å². The van der Waals surface area contributed by atoms with Crippen LogP contribution in [0.1, 0.15) is 42.7 Å². The Kier molecular flexibility index (Phi) is 5.26. The predicted octanol–water partition coefficient (Wildman–Crippen LogP) is 4.51. The third-order valence-corrected chi connectivity index (χ3v) is 6.12. The first-order chi connectivity index (χ1) is 14.0. The van der Waals surface area contributed by atoms with Crippen LogP contribution in [0.25, 0.3) is 11.1 Å². The van der Waals surface area contributed by atoms with Crippen LogP contribution in [0.2, 0.25) is 0 Å². The zero-order valence-corrected chi connectivity index (χ0v) is 16.1. The Bertz CT molecular complexity index is 875. The predicted molar refractivity (Wildman–Crippen MR) is 107 cm³/mol. The van der Waals surface area contributed by atoms with E-state index in [0.29, 0.717) is 0 Å². The van der Waals surface area contributed by atoms with E-state index in [1.54, 1.807) is 0 Å². The van der Waals surface area contributed by atoms with Crippen LogP contribution in [-0.2, 0) is 9.53 Å². The highest BCUT2D eigenvalue weighted by molar-refractivity contribution is 5.79. The summed E-state index contributed by atoms with van der Waals surface area (Å²) in [6.07, 6.45) is 0.196. The van der Waals surface area contributed by atoms with Gasteiger partial charge in [-0.1, -0.05) is 48.5 Å². The molecule has 0 radical (unpaired) electrons. The zero-order valence-electron chi connectivity index (χ0n) is 16.1. The number of benzene rings is 2. The minimum absolute atomic E-state index is 0.0431. The van der Waals surface area contributed by atoms with Crippen molar-refractivity contribution in [1.29, 1.82) is 0 Å². The van der Waals surface area contributed by atoms with Crippen molar-refractivity contribution in [3.05, 3.63) is 59.7 Å². The van der Waals surface area contributed by atoms with Gasteiger partial charge < -0.3 is 15.2 Å². The van der Waals surface area contributed by atoms with E-state index in [1.165, 1.54) is 0 Å². The number of carboxylic acid groups (broad SMARTS) is 1. The summed E-state index contributed by atoms with van der Waals surface area (Å²) < 4.78 is 20.3. The number of fused-ring (bicyclic) bond motifs is 3. The lowest BCUT2D eigenvalue weighted by atomic mass is 9.80. The van der Waals surface area contributed by atoms with Crippen LogP contribution in [0.15, 0.2) is 48.5 Å². The molecule has 29 heavy (non-hydrogen) atoms. The molecule has 0 saturated heterocycles. The van der Waals surface area contributed by atoms with Crippen LogP contribution in [0.5, 0.6) is 0 Å². The molecule has 2 aliphatic carbocycles. The molecule has 2 aromatic carbocycles. The van der Waals surface area contributed by atoms with Gasteiger partial charge in [0.15, 0.2) is 0 Å². The average molecular weight is 397 g/mol. The second-order valence-corrected chi connectivity index (χ2v) is 7.94. The second kappa shape index (κ2) is 7.85. The molecule has 2 aromatic rings. The van der Waals surface area contributed by atoms with Gasteiger partial charge in [-0.3, -0.25) is 4.79 Å². The number of alkyl carbamates (subject to hydrolysis) is 1. The van der Waals surface area contributed by atoms with Crippen LogP contribution in [0.4, 0.5) is 9.18 Å². The third-order valence-electron chi connectivity index (χ3n) is 6.12. The van der Waals surface area contributed by atoms with Gasteiger partial charge >= 0.3 is 12.1 Å². The Morgan fingerprint density at radius 3 is 2.14 bits per heavy atom. The summed E-state index contributed by atoms with van der Waals surface area (Å²) in [4.78, 5) is 23.2. The summed E-state index contributed by atoms with van der Waals surface area (Å²) in [5.74, 6) is -1.41. The van der Waals surface area contributed by atoms with Gasteiger partial charge in [-0.05, 0) is 47.9 Å². The van der Waals surface area contributed by atoms with Gasteiger partial charge in [-0.15, -0.1) is 0 Å². The molecule has 1 amide bonds. The largest absolute Gasteiger partial charge is 0.481 e. The lowest BCUT2D eigenvalue weighted by Gasteiger charge is -2.32. The molecule has 6 heteroatoms. The minimum Gasteiger partial charge on any atom is -0.481 e. The number of hydrogen-bond donors (Lipinski definition) is 2.